The van der Waals surface area contributed by atoms with Gasteiger partial charge in [0.05, 0.1) is 19.1 Å². The number of thiocarbonyl (C=S) groups is 1. The van der Waals surface area contributed by atoms with Gasteiger partial charge in [-0.05, 0) is 66.2 Å². The van der Waals surface area contributed by atoms with Crippen LogP contribution in [0.25, 0.3) is 0 Å². The Morgan fingerprint density at radius 2 is 1.65 bits per heavy atom. The molecule has 1 unspecified atom stereocenters. The van der Waals surface area contributed by atoms with Crippen LogP contribution in [0.4, 0.5) is 5.69 Å². The zero-order valence-electron chi connectivity index (χ0n) is 20.2. The molecule has 1 saturated heterocycles. The molecule has 4 rings (SSSR count). The second-order valence-electron chi connectivity index (χ2n) is 8.60. The van der Waals surface area contributed by atoms with Crippen LogP contribution in [0.5, 0.6) is 0 Å². The Labute approximate surface area is 226 Å². The first-order valence-electron chi connectivity index (χ1n) is 11.7. The van der Waals surface area contributed by atoms with E-state index in [2.05, 4.69) is 5.32 Å². The summed E-state index contributed by atoms with van der Waals surface area (Å²) in [7, 11) is 1.31. The molecule has 1 aliphatic rings. The lowest BCUT2D eigenvalue weighted by molar-refractivity contribution is -0.130. The van der Waals surface area contributed by atoms with Gasteiger partial charge in [0.2, 0.25) is 5.91 Å². The summed E-state index contributed by atoms with van der Waals surface area (Å²) in [5.74, 6) is -1.000. The highest BCUT2D eigenvalue weighted by Crippen LogP contribution is 2.25. The molecule has 0 spiro atoms. The summed E-state index contributed by atoms with van der Waals surface area (Å²) in [5.41, 5.74) is 2.91. The van der Waals surface area contributed by atoms with Crippen LogP contribution in [0, 0.1) is 0 Å². The number of anilines is 1. The molecule has 0 aromatic heterocycles. The van der Waals surface area contributed by atoms with Crippen LogP contribution in [-0.4, -0.2) is 52.4 Å². The van der Waals surface area contributed by atoms with Crippen molar-refractivity contribution in [2.24, 2.45) is 0 Å². The van der Waals surface area contributed by atoms with E-state index in [4.69, 9.17) is 28.6 Å². The number of hydrogen-bond acceptors (Lipinski definition) is 5. The number of nitrogens with one attached hydrogen (secondary N) is 1. The third-order valence-electron chi connectivity index (χ3n) is 6.11. The molecule has 1 atom stereocenters. The van der Waals surface area contributed by atoms with E-state index >= 15 is 0 Å². The first-order valence-corrected chi connectivity index (χ1v) is 12.5. The summed E-state index contributed by atoms with van der Waals surface area (Å²) < 4.78 is 4.70. The van der Waals surface area contributed by atoms with Gasteiger partial charge in [0.1, 0.15) is 6.04 Å². The lowest BCUT2D eigenvalue weighted by Crippen LogP contribution is -2.37. The molecular formula is C28H26ClN3O4S. The minimum Gasteiger partial charge on any atom is -0.465 e. The van der Waals surface area contributed by atoms with Crippen molar-refractivity contribution >= 4 is 52.4 Å². The molecule has 2 amide bonds. The van der Waals surface area contributed by atoms with Crippen molar-refractivity contribution in [2.45, 2.75) is 25.4 Å². The van der Waals surface area contributed by atoms with Crippen molar-refractivity contribution in [3.8, 4) is 0 Å². The summed E-state index contributed by atoms with van der Waals surface area (Å²) in [5, 5.41) is 3.82. The van der Waals surface area contributed by atoms with Gasteiger partial charge < -0.3 is 15.0 Å². The third-order valence-corrected chi connectivity index (χ3v) is 6.81. The van der Waals surface area contributed by atoms with Gasteiger partial charge in [-0.1, -0.05) is 54.1 Å². The number of ether oxygens (including phenoxy) is 1. The third kappa shape index (κ3) is 6.53. The Morgan fingerprint density at radius 1 is 0.973 bits per heavy atom. The van der Waals surface area contributed by atoms with Crippen LogP contribution in [-0.2, 0) is 27.3 Å². The average molecular weight is 536 g/mol. The quantitative estimate of drug-likeness (QED) is 0.316. The molecule has 190 valence electrons. The fourth-order valence-electron chi connectivity index (χ4n) is 4.14. The lowest BCUT2D eigenvalue weighted by Gasteiger charge is -2.24. The van der Waals surface area contributed by atoms with E-state index in [-0.39, 0.29) is 18.2 Å². The molecule has 0 bridgehead atoms. The maximum Gasteiger partial charge on any atom is 0.337 e. The Bertz CT molecular complexity index is 1280. The predicted molar refractivity (Wildman–Crippen MR) is 146 cm³/mol. The van der Waals surface area contributed by atoms with Crippen LogP contribution in [0.2, 0.25) is 5.02 Å². The van der Waals surface area contributed by atoms with Crippen molar-refractivity contribution in [3.05, 3.63) is 101 Å². The number of hydrogen-bond donors (Lipinski definition) is 1. The first-order chi connectivity index (χ1) is 17.9. The lowest BCUT2D eigenvalue weighted by atomic mass is 10.1. The minimum atomic E-state index is -0.742. The number of carbonyl (C=O) groups is 3. The molecule has 1 N–H and O–H groups in total. The normalized spacial score (nSPS) is 15.1. The van der Waals surface area contributed by atoms with Crippen LogP contribution in [0.15, 0.2) is 78.9 Å². The fourth-order valence-corrected chi connectivity index (χ4v) is 4.64. The van der Waals surface area contributed by atoms with E-state index in [0.717, 1.165) is 11.1 Å². The van der Waals surface area contributed by atoms with Gasteiger partial charge in [-0.3, -0.25) is 14.5 Å². The smallest absolute Gasteiger partial charge is 0.337 e. The highest BCUT2D eigenvalue weighted by Gasteiger charge is 2.43. The van der Waals surface area contributed by atoms with Crippen LogP contribution in [0.3, 0.4) is 0 Å². The number of rotatable bonds is 9. The fraction of sp³-hybridized carbons (Fsp3) is 0.214. The molecule has 3 aromatic carbocycles. The van der Waals surface area contributed by atoms with Crippen molar-refractivity contribution in [1.29, 1.82) is 0 Å². The van der Waals surface area contributed by atoms with Gasteiger partial charge in [0.15, 0.2) is 5.11 Å². The van der Waals surface area contributed by atoms with Gasteiger partial charge >= 0.3 is 5.97 Å². The maximum absolute atomic E-state index is 13.5. The molecule has 1 aliphatic heterocycles. The monoisotopic (exact) mass is 535 g/mol. The van der Waals surface area contributed by atoms with Crippen molar-refractivity contribution in [2.75, 3.05) is 19.0 Å². The molecule has 3 aromatic rings. The van der Waals surface area contributed by atoms with Gasteiger partial charge in [-0.2, -0.15) is 0 Å². The van der Waals surface area contributed by atoms with Gasteiger partial charge in [-0.25, -0.2) is 4.79 Å². The van der Waals surface area contributed by atoms with Crippen molar-refractivity contribution in [1.82, 2.24) is 9.80 Å². The molecule has 7 nitrogen and oxygen atoms in total. The summed E-state index contributed by atoms with van der Waals surface area (Å²) in [6, 6.07) is 22.8. The van der Waals surface area contributed by atoms with E-state index in [9.17, 15) is 14.4 Å². The van der Waals surface area contributed by atoms with E-state index in [1.54, 1.807) is 46.2 Å². The van der Waals surface area contributed by atoms with Gasteiger partial charge in [0, 0.05) is 23.8 Å². The minimum absolute atomic E-state index is 0.0762. The highest BCUT2D eigenvalue weighted by molar-refractivity contribution is 7.80. The number of halogens is 1. The summed E-state index contributed by atoms with van der Waals surface area (Å²) >= 11 is 11.8. The van der Waals surface area contributed by atoms with E-state index in [1.165, 1.54) is 7.11 Å². The number of esters is 1. The average Bonchev–Trinajstić information content (AvgIpc) is 3.12. The van der Waals surface area contributed by atoms with Crippen molar-refractivity contribution in [3.63, 3.8) is 0 Å². The number of benzene rings is 3. The first kappa shape index (κ1) is 26.3. The standard InChI is InChI=1S/C28H26ClN3O4S/c1-36-27(35)21-9-13-23(14-10-21)30-25(33)17-24-26(34)31(16-15-19-5-3-2-4-6-19)28(37)32(24)18-20-7-11-22(29)12-8-20/h2-14,24H,15-18H2,1H3,(H,30,33). The molecule has 1 heterocycles. The summed E-state index contributed by atoms with van der Waals surface area (Å²) in [6.45, 7) is 0.793. The number of methoxy groups -OCH3 is 1. The Balaban J connectivity index is 1.49. The number of amides is 2. The zero-order valence-corrected chi connectivity index (χ0v) is 21.8. The molecule has 37 heavy (non-hydrogen) atoms. The zero-order chi connectivity index (χ0) is 26.4. The summed E-state index contributed by atoms with van der Waals surface area (Å²) in [6.07, 6.45) is 0.570. The Morgan fingerprint density at radius 3 is 2.30 bits per heavy atom. The maximum atomic E-state index is 13.5. The molecule has 1 fully saturated rings. The van der Waals surface area contributed by atoms with Gasteiger partial charge in [-0.15, -0.1) is 0 Å². The second kappa shape index (κ2) is 12.0. The van der Waals surface area contributed by atoms with Crippen LogP contribution in [0.1, 0.15) is 27.9 Å². The highest BCUT2D eigenvalue weighted by atomic mass is 35.5. The van der Waals surface area contributed by atoms with Crippen LogP contribution < -0.4 is 5.32 Å². The molecule has 9 heteroatoms. The Kier molecular flexibility index (Phi) is 8.53. The molecule has 0 saturated carbocycles. The second-order valence-corrected chi connectivity index (χ2v) is 9.40. The topological polar surface area (TPSA) is 78.9 Å². The van der Waals surface area contributed by atoms with E-state index < -0.39 is 12.0 Å². The largest absolute Gasteiger partial charge is 0.465 e. The Hall–Kier alpha value is -3.75. The molecular weight excluding hydrogens is 510 g/mol. The number of carbonyl (C=O) groups excluding carboxylic acids is 3. The van der Waals surface area contributed by atoms with E-state index in [1.807, 2.05) is 42.5 Å². The van der Waals surface area contributed by atoms with Crippen LogP contribution >= 0.6 is 23.8 Å². The van der Waals surface area contributed by atoms with E-state index in [0.29, 0.717) is 40.9 Å². The molecule has 0 aliphatic carbocycles. The predicted octanol–water partition coefficient (Wildman–Crippen LogP) is 4.70. The SMILES string of the molecule is COC(=O)c1ccc(NC(=O)CC2C(=O)N(CCc3ccccc3)C(=S)N2Cc2ccc(Cl)cc2)cc1. The number of nitrogens with zero attached hydrogens (tertiary/aromatic N) is 2. The van der Waals surface area contributed by atoms with Gasteiger partial charge in [0.25, 0.3) is 5.91 Å². The molecule has 0 radical (unpaired) electrons. The summed E-state index contributed by atoms with van der Waals surface area (Å²) in [4.78, 5) is 41.5. The van der Waals surface area contributed by atoms with Crippen molar-refractivity contribution < 1.29 is 19.1 Å².